The van der Waals surface area contributed by atoms with E-state index in [0.717, 1.165) is 36.9 Å². The molecule has 2 aromatic rings. The van der Waals surface area contributed by atoms with E-state index in [0.29, 0.717) is 11.9 Å². The Balaban J connectivity index is 1.66. The van der Waals surface area contributed by atoms with Crippen LogP contribution in [0.1, 0.15) is 18.9 Å². The summed E-state index contributed by atoms with van der Waals surface area (Å²) in [5.74, 6) is 0.471. The fraction of sp³-hybridized carbons (Fsp3) is 0.429. The molecule has 1 saturated heterocycles. The van der Waals surface area contributed by atoms with Crippen LogP contribution in [-0.2, 0) is 0 Å². The Bertz CT molecular complexity index is 607. The first-order valence-corrected chi connectivity index (χ1v) is 7.36. The maximum Gasteiger partial charge on any atom is 0.318 e. The number of piperazine rings is 1. The average Bonchev–Trinajstić information content (AvgIpc) is 2.98. The highest BCUT2D eigenvalue weighted by Gasteiger charge is 2.23. The second kappa shape index (κ2) is 5.91. The molecule has 112 valence electrons. The first-order valence-electron chi connectivity index (χ1n) is 6.98. The van der Waals surface area contributed by atoms with Crippen LogP contribution in [0.25, 0.3) is 0 Å². The Morgan fingerprint density at radius 1 is 1.14 bits per heavy atom. The molecule has 3 rings (SSSR count). The molecule has 6 nitrogen and oxygen atoms in total. The number of nitrogens with zero attached hydrogens (tertiary/aromatic N) is 4. The van der Waals surface area contributed by atoms with Gasteiger partial charge in [-0.15, -0.1) is 5.10 Å². The molecule has 2 heterocycles. The maximum absolute atomic E-state index is 6.24. The number of anilines is 2. The van der Waals surface area contributed by atoms with Crippen LogP contribution in [0.15, 0.2) is 28.7 Å². The van der Waals surface area contributed by atoms with E-state index in [2.05, 4.69) is 20.0 Å². The van der Waals surface area contributed by atoms with Crippen molar-refractivity contribution in [1.82, 2.24) is 10.2 Å². The van der Waals surface area contributed by atoms with Crippen LogP contribution < -0.4 is 15.5 Å². The minimum Gasteiger partial charge on any atom is -0.406 e. The maximum atomic E-state index is 6.24. The molecule has 21 heavy (non-hydrogen) atoms. The van der Waals surface area contributed by atoms with E-state index < -0.39 is 0 Å². The Morgan fingerprint density at radius 3 is 2.43 bits per heavy atom. The van der Waals surface area contributed by atoms with Gasteiger partial charge in [-0.25, -0.2) is 0 Å². The van der Waals surface area contributed by atoms with E-state index in [1.54, 1.807) is 0 Å². The lowest BCUT2D eigenvalue weighted by Gasteiger charge is -2.35. The number of hydrogen-bond acceptors (Lipinski definition) is 6. The van der Waals surface area contributed by atoms with Crippen LogP contribution >= 0.6 is 11.6 Å². The zero-order chi connectivity index (χ0) is 14.8. The highest BCUT2D eigenvalue weighted by atomic mass is 35.5. The zero-order valence-corrected chi connectivity index (χ0v) is 12.6. The Morgan fingerprint density at radius 2 is 1.81 bits per heavy atom. The van der Waals surface area contributed by atoms with Gasteiger partial charge >= 0.3 is 6.01 Å². The third-order valence-corrected chi connectivity index (χ3v) is 3.88. The second-order valence-electron chi connectivity index (χ2n) is 5.14. The highest BCUT2D eigenvalue weighted by molar-refractivity contribution is 6.33. The smallest absolute Gasteiger partial charge is 0.318 e. The largest absolute Gasteiger partial charge is 0.406 e. The summed E-state index contributed by atoms with van der Waals surface area (Å²) in [4.78, 5) is 4.34. The quantitative estimate of drug-likeness (QED) is 0.936. The SMILES string of the molecule is CC(N)c1nnc(N2CCN(c3ccccc3Cl)CC2)o1. The van der Waals surface area contributed by atoms with Crippen LogP contribution in [0.3, 0.4) is 0 Å². The summed E-state index contributed by atoms with van der Waals surface area (Å²) in [6, 6.07) is 8.20. The van der Waals surface area contributed by atoms with Gasteiger partial charge in [-0.3, -0.25) is 0 Å². The van der Waals surface area contributed by atoms with Gasteiger partial charge < -0.3 is 20.0 Å². The van der Waals surface area contributed by atoms with Gasteiger partial charge in [0.15, 0.2) is 0 Å². The van der Waals surface area contributed by atoms with E-state index in [4.69, 9.17) is 21.8 Å². The van der Waals surface area contributed by atoms with Crippen LogP contribution in [0, 0.1) is 0 Å². The number of hydrogen-bond donors (Lipinski definition) is 1. The number of nitrogens with two attached hydrogens (primary N) is 1. The van der Waals surface area contributed by atoms with Gasteiger partial charge in [0, 0.05) is 26.2 Å². The predicted molar refractivity (Wildman–Crippen MR) is 82.8 cm³/mol. The Hall–Kier alpha value is -1.79. The second-order valence-corrected chi connectivity index (χ2v) is 5.54. The van der Waals surface area contributed by atoms with Crippen molar-refractivity contribution in [3.05, 3.63) is 35.2 Å². The van der Waals surface area contributed by atoms with Gasteiger partial charge in [0.25, 0.3) is 0 Å². The minimum absolute atomic E-state index is 0.240. The third-order valence-electron chi connectivity index (χ3n) is 3.56. The average molecular weight is 308 g/mol. The van der Waals surface area contributed by atoms with Crippen molar-refractivity contribution in [2.45, 2.75) is 13.0 Å². The summed E-state index contributed by atoms with van der Waals surface area (Å²) in [7, 11) is 0. The fourth-order valence-electron chi connectivity index (χ4n) is 2.39. The minimum atomic E-state index is -0.240. The molecular weight excluding hydrogens is 290 g/mol. The van der Waals surface area contributed by atoms with Crippen LogP contribution in [0.5, 0.6) is 0 Å². The first kappa shape index (κ1) is 14.2. The molecule has 0 spiro atoms. The number of aromatic nitrogens is 2. The lowest BCUT2D eigenvalue weighted by atomic mass is 10.2. The molecule has 1 atom stereocenters. The van der Waals surface area contributed by atoms with Gasteiger partial charge in [0.1, 0.15) is 0 Å². The van der Waals surface area contributed by atoms with Crippen LogP contribution in [-0.4, -0.2) is 36.4 Å². The lowest BCUT2D eigenvalue weighted by Crippen LogP contribution is -2.46. The molecule has 1 unspecified atom stereocenters. The molecule has 0 saturated carbocycles. The van der Waals surface area contributed by atoms with Gasteiger partial charge in [-0.05, 0) is 19.1 Å². The van der Waals surface area contributed by atoms with Gasteiger partial charge in [-0.1, -0.05) is 28.8 Å². The summed E-state index contributed by atoms with van der Waals surface area (Å²) in [5.41, 5.74) is 6.80. The predicted octanol–water partition coefficient (Wildman–Crippen LogP) is 2.07. The summed E-state index contributed by atoms with van der Waals surface area (Å²) >= 11 is 6.24. The van der Waals surface area contributed by atoms with Crippen molar-refractivity contribution < 1.29 is 4.42 Å². The topological polar surface area (TPSA) is 71.4 Å². The monoisotopic (exact) mass is 307 g/mol. The molecular formula is C14H18ClN5O. The molecule has 1 aliphatic rings. The number of halogens is 1. The van der Waals surface area contributed by atoms with Gasteiger partial charge in [0.2, 0.25) is 5.89 Å². The first-order chi connectivity index (χ1) is 10.1. The summed E-state index contributed by atoms with van der Waals surface area (Å²) < 4.78 is 5.58. The highest BCUT2D eigenvalue weighted by Crippen LogP contribution is 2.27. The molecule has 1 fully saturated rings. The van der Waals surface area contributed by atoms with E-state index in [-0.39, 0.29) is 6.04 Å². The molecule has 1 aromatic heterocycles. The molecule has 0 aliphatic carbocycles. The van der Waals surface area contributed by atoms with Gasteiger partial charge in [0.05, 0.1) is 16.8 Å². The fourth-order valence-corrected chi connectivity index (χ4v) is 2.64. The van der Waals surface area contributed by atoms with E-state index in [9.17, 15) is 0 Å². The Kier molecular flexibility index (Phi) is 3.98. The summed E-state index contributed by atoms with van der Waals surface area (Å²) in [5, 5.41) is 8.81. The molecule has 7 heteroatoms. The van der Waals surface area contributed by atoms with E-state index in [1.807, 2.05) is 31.2 Å². The van der Waals surface area contributed by atoms with E-state index in [1.165, 1.54) is 0 Å². The van der Waals surface area contributed by atoms with Gasteiger partial charge in [-0.2, -0.15) is 0 Å². The molecule has 0 amide bonds. The third kappa shape index (κ3) is 2.96. The lowest BCUT2D eigenvalue weighted by molar-refractivity contribution is 0.450. The van der Waals surface area contributed by atoms with Crippen molar-refractivity contribution in [2.75, 3.05) is 36.0 Å². The molecule has 2 N–H and O–H groups in total. The van der Waals surface area contributed by atoms with E-state index >= 15 is 0 Å². The summed E-state index contributed by atoms with van der Waals surface area (Å²) in [6.45, 7) is 5.17. The van der Waals surface area contributed by atoms with Crippen molar-refractivity contribution in [2.24, 2.45) is 5.73 Å². The Labute approximate surface area is 128 Å². The molecule has 0 bridgehead atoms. The van der Waals surface area contributed by atoms with Crippen molar-refractivity contribution >= 4 is 23.3 Å². The van der Waals surface area contributed by atoms with Crippen LogP contribution in [0.2, 0.25) is 5.02 Å². The van der Waals surface area contributed by atoms with Crippen molar-refractivity contribution in [3.8, 4) is 0 Å². The van der Waals surface area contributed by atoms with Crippen LogP contribution in [0.4, 0.5) is 11.7 Å². The van der Waals surface area contributed by atoms with Crippen molar-refractivity contribution in [3.63, 3.8) is 0 Å². The standard InChI is InChI=1S/C14H18ClN5O/c1-10(16)13-17-18-14(21-13)20-8-6-19(7-9-20)12-5-3-2-4-11(12)15/h2-5,10H,6-9,16H2,1H3. The number of rotatable bonds is 3. The number of para-hydroxylation sites is 1. The van der Waals surface area contributed by atoms with Crippen molar-refractivity contribution in [1.29, 1.82) is 0 Å². The molecule has 0 radical (unpaired) electrons. The number of benzene rings is 1. The zero-order valence-electron chi connectivity index (χ0n) is 11.9. The normalized spacial score (nSPS) is 17.1. The summed E-state index contributed by atoms with van der Waals surface area (Å²) in [6.07, 6.45) is 0. The molecule has 1 aliphatic heterocycles. The molecule has 1 aromatic carbocycles.